The fourth-order valence-corrected chi connectivity index (χ4v) is 3.34. The minimum absolute atomic E-state index is 0.397. The fourth-order valence-electron chi connectivity index (χ4n) is 2.27. The number of halogens is 1. The fraction of sp³-hybridized carbons (Fsp3) is 0.625. The Hall–Kier alpha value is 0.01000. The summed E-state index contributed by atoms with van der Waals surface area (Å²) in [5.74, 6) is 0. The van der Waals surface area contributed by atoms with Gasteiger partial charge in [0.25, 0.3) is 0 Å². The van der Waals surface area contributed by atoms with E-state index in [1.807, 2.05) is 11.8 Å². The summed E-state index contributed by atoms with van der Waals surface area (Å²) in [5.41, 5.74) is 1.39. The molecule has 1 atom stereocenters. The Kier molecular flexibility index (Phi) is 7.48. The van der Waals surface area contributed by atoms with Crippen LogP contribution >= 0.6 is 27.7 Å². The van der Waals surface area contributed by atoms with E-state index in [4.69, 9.17) is 0 Å². The number of hydrogen-bond donors (Lipinski definition) is 1. The molecule has 0 radical (unpaired) electrons. The maximum Gasteiger partial charge on any atom is 0.0276 e. The van der Waals surface area contributed by atoms with Crippen LogP contribution in [0.5, 0.6) is 0 Å². The highest BCUT2D eigenvalue weighted by Crippen LogP contribution is 2.29. The highest BCUT2D eigenvalue weighted by molar-refractivity contribution is 9.10. The zero-order chi connectivity index (χ0) is 14.3. The van der Waals surface area contributed by atoms with Gasteiger partial charge in [0.1, 0.15) is 0 Å². The molecule has 3 heteroatoms. The molecule has 0 aliphatic carbocycles. The molecule has 0 fully saturated rings. The molecular weight excluding hydrogens is 318 g/mol. The summed E-state index contributed by atoms with van der Waals surface area (Å²) in [6.45, 7) is 7.96. The third-order valence-corrected chi connectivity index (χ3v) is 6.07. The highest BCUT2D eigenvalue weighted by Gasteiger charge is 2.24. The van der Waals surface area contributed by atoms with Crippen molar-refractivity contribution in [3.8, 4) is 0 Å². The molecule has 0 heterocycles. The third kappa shape index (κ3) is 5.49. The van der Waals surface area contributed by atoms with E-state index in [-0.39, 0.29) is 0 Å². The molecule has 108 valence electrons. The monoisotopic (exact) mass is 343 g/mol. The van der Waals surface area contributed by atoms with Crippen LogP contribution in [0.2, 0.25) is 0 Å². The lowest BCUT2D eigenvalue weighted by Gasteiger charge is -2.31. The van der Waals surface area contributed by atoms with Crippen LogP contribution in [0.3, 0.4) is 0 Å². The summed E-state index contributed by atoms with van der Waals surface area (Å²) in [6.07, 6.45) is 5.77. The lowest BCUT2D eigenvalue weighted by atomic mass is 10.0. The lowest BCUT2D eigenvalue weighted by molar-refractivity contribution is 0.451. The van der Waals surface area contributed by atoms with Crippen LogP contribution in [0, 0.1) is 0 Å². The molecule has 0 amide bonds. The van der Waals surface area contributed by atoms with Gasteiger partial charge in [0.05, 0.1) is 0 Å². The van der Waals surface area contributed by atoms with Crippen LogP contribution in [0.15, 0.2) is 28.7 Å². The van der Waals surface area contributed by atoms with Crippen molar-refractivity contribution in [3.63, 3.8) is 0 Å². The number of thioether (sulfide) groups is 1. The van der Waals surface area contributed by atoms with Crippen molar-refractivity contribution in [2.45, 2.75) is 50.8 Å². The summed E-state index contributed by atoms with van der Waals surface area (Å²) in [4.78, 5) is 0. The second-order valence-corrected chi connectivity index (χ2v) is 7.40. The minimum Gasteiger partial charge on any atom is -0.313 e. The van der Waals surface area contributed by atoms with Gasteiger partial charge in [-0.15, -0.1) is 0 Å². The summed E-state index contributed by atoms with van der Waals surface area (Å²) in [7, 11) is 0. The molecule has 0 bridgehead atoms. The van der Waals surface area contributed by atoms with E-state index >= 15 is 0 Å². The van der Waals surface area contributed by atoms with Gasteiger partial charge in [0.2, 0.25) is 0 Å². The topological polar surface area (TPSA) is 12.0 Å². The standard InChI is InChI=1S/C16H26BrNS/c1-5-16(6-2,19-4)12-18-13(3)11-14-7-9-15(17)10-8-14/h7-10,13,18H,5-6,11-12H2,1-4H3. The predicted molar refractivity (Wildman–Crippen MR) is 92.1 cm³/mol. The quantitative estimate of drug-likeness (QED) is 0.720. The van der Waals surface area contributed by atoms with Gasteiger partial charge < -0.3 is 5.32 Å². The second-order valence-electron chi connectivity index (χ2n) is 5.21. The molecule has 1 N–H and O–H groups in total. The van der Waals surface area contributed by atoms with Gasteiger partial charge in [-0.2, -0.15) is 11.8 Å². The van der Waals surface area contributed by atoms with Crippen LogP contribution in [-0.2, 0) is 6.42 Å². The average molecular weight is 344 g/mol. The Morgan fingerprint density at radius 1 is 1.21 bits per heavy atom. The summed E-state index contributed by atoms with van der Waals surface area (Å²) in [5, 5.41) is 3.71. The largest absolute Gasteiger partial charge is 0.313 e. The molecule has 0 saturated heterocycles. The van der Waals surface area contributed by atoms with Crippen LogP contribution in [0.1, 0.15) is 39.2 Å². The zero-order valence-electron chi connectivity index (χ0n) is 12.5. The maximum atomic E-state index is 3.71. The van der Waals surface area contributed by atoms with Crippen LogP contribution in [0.25, 0.3) is 0 Å². The Labute approximate surface area is 131 Å². The van der Waals surface area contributed by atoms with Crippen LogP contribution < -0.4 is 5.32 Å². The van der Waals surface area contributed by atoms with Crippen molar-refractivity contribution in [3.05, 3.63) is 34.3 Å². The van der Waals surface area contributed by atoms with Gasteiger partial charge in [0.15, 0.2) is 0 Å². The number of rotatable bonds is 8. The molecule has 0 aliphatic heterocycles. The molecule has 1 aromatic carbocycles. The zero-order valence-corrected chi connectivity index (χ0v) is 14.9. The van der Waals surface area contributed by atoms with E-state index in [0.29, 0.717) is 10.8 Å². The molecule has 1 rings (SSSR count). The van der Waals surface area contributed by atoms with Crippen molar-refractivity contribution >= 4 is 27.7 Å². The summed E-state index contributed by atoms with van der Waals surface area (Å²) in [6, 6.07) is 9.15. The first-order chi connectivity index (χ1) is 9.05. The van der Waals surface area contributed by atoms with Crippen molar-refractivity contribution < 1.29 is 0 Å². The van der Waals surface area contributed by atoms with Crippen molar-refractivity contribution in [2.75, 3.05) is 12.8 Å². The first kappa shape index (κ1) is 17.1. The Bertz CT molecular complexity index is 351. The Morgan fingerprint density at radius 2 is 1.79 bits per heavy atom. The average Bonchev–Trinajstić information content (AvgIpc) is 2.44. The SMILES string of the molecule is CCC(CC)(CNC(C)Cc1ccc(Br)cc1)SC. The molecule has 0 saturated carbocycles. The van der Waals surface area contributed by atoms with Crippen molar-refractivity contribution in [2.24, 2.45) is 0 Å². The van der Waals surface area contributed by atoms with Gasteiger partial charge in [-0.1, -0.05) is 41.9 Å². The first-order valence-electron chi connectivity index (χ1n) is 7.08. The number of hydrogen-bond acceptors (Lipinski definition) is 2. The Morgan fingerprint density at radius 3 is 2.26 bits per heavy atom. The second kappa shape index (κ2) is 8.33. The molecule has 0 aliphatic rings. The molecule has 1 aromatic rings. The van der Waals surface area contributed by atoms with Gasteiger partial charge in [-0.05, 0) is 50.1 Å². The highest BCUT2D eigenvalue weighted by atomic mass is 79.9. The predicted octanol–water partition coefficient (Wildman–Crippen LogP) is 4.89. The molecule has 1 nitrogen and oxygen atoms in total. The van der Waals surface area contributed by atoms with Crippen molar-refractivity contribution in [1.29, 1.82) is 0 Å². The minimum atomic E-state index is 0.397. The smallest absolute Gasteiger partial charge is 0.0276 e. The molecular formula is C16H26BrNS. The summed E-state index contributed by atoms with van der Waals surface area (Å²) < 4.78 is 1.55. The molecule has 0 aromatic heterocycles. The van der Waals surface area contributed by atoms with Crippen LogP contribution in [0.4, 0.5) is 0 Å². The van der Waals surface area contributed by atoms with Crippen LogP contribution in [-0.4, -0.2) is 23.6 Å². The molecule has 0 spiro atoms. The normalized spacial score (nSPS) is 13.5. The maximum absolute atomic E-state index is 3.71. The van der Waals surface area contributed by atoms with E-state index in [1.54, 1.807) is 0 Å². The van der Waals surface area contributed by atoms with E-state index in [1.165, 1.54) is 18.4 Å². The molecule has 1 unspecified atom stereocenters. The van der Waals surface area contributed by atoms with Crippen molar-refractivity contribution in [1.82, 2.24) is 5.32 Å². The van der Waals surface area contributed by atoms with E-state index in [9.17, 15) is 0 Å². The van der Waals surface area contributed by atoms with Gasteiger partial charge in [-0.25, -0.2) is 0 Å². The Balaban J connectivity index is 2.47. The first-order valence-corrected chi connectivity index (χ1v) is 9.10. The summed E-state index contributed by atoms with van der Waals surface area (Å²) >= 11 is 5.48. The third-order valence-electron chi connectivity index (χ3n) is 3.95. The van der Waals surface area contributed by atoms with Gasteiger partial charge in [0, 0.05) is 21.8 Å². The van der Waals surface area contributed by atoms with Gasteiger partial charge >= 0.3 is 0 Å². The lowest BCUT2D eigenvalue weighted by Crippen LogP contribution is -2.41. The number of nitrogens with one attached hydrogen (secondary N) is 1. The van der Waals surface area contributed by atoms with E-state index in [2.05, 4.69) is 72.5 Å². The molecule has 19 heavy (non-hydrogen) atoms. The number of benzene rings is 1. The van der Waals surface area contributed by atoms with E-state index in [0.717, 1.165) is 17.4 Å². The van der Waals surface area contributed by atoms with E-state index < -0.39 is 0 Å². The van der Waals surface area contributed by atoms with Gasteiger partial charge in [-0.3, -0.25) is 0 Å².